The van der Waals surface area contributed by atoms with Gasteiger partial charge in [-0.2, -0.15) is 0 Å². The van der Waals surface area contributed by atoms with Crippen molar-refractivity contribution >= 4 is 23.6 Å². The quantitative estimate of drug-likeness (QED) is 0.721. The average molecular weight is 422 g/mol. The minimum absolute atomic E-state index is 0.0165. The van der Waals surface area contributed by atoms with Crippen LogP contribution in [0, 0.1) is 19.8 Å². The molecule has 2 atom stereocenters. The van der Waals surface area contributed by atoms with E-state index in [0.717, 1.165) is 28.3 Å². The predicted octanol–water partition coefficient (Wildman–Crippen LogP) is 3.82. The maximum absolute atomic E-state index is 12.5. The number of furan rings is 1. The number of rotatable bonds is 6. The summed E-state index contributed by atoms with van der Waals surface area (Å²) in [6, 6.07) is 9.85. The van der Waals surface area contributed by atoms with Crippen LogP contribution in [0.4, 0.5) is 5.69 Å². The molecule has 2 amide bonds. The van der Waals surface area contributed by atoms with E-state index in [-0.39, 0.29) is 11.8 Å². The van der Waals surface area contributed by atoms with E-state index < -0.39 is 0 Å². The van der Waals surface area contributed by atoms with E-state index in [1.165, 1.54) is 6.42 Å². The summed E-state index contributed by atoms with van der Waals surface area (Å²) in [5.41, 5.74) is 3.11. The molecule has 1 aromatic heterocycles. The Balaban J connectivity index is 1.22. The number of nitrogens with zero attached hydrogens (tertiary/aromatic N) is 2. The van der Waals surface area contributed by atoms with Crippen LogP contribution in [0.3, 0.4) is 0 Å². The first-order valence-electron chi connectivity index (χ1n) is 11.1. The highest BCUT2D eigenvalue weighted by molar-refractivity contribution is 5.93. The van der Waals surface area contributed by atoms with Gasteiger partial charge in [0.2, 0.25) is 11.8 Å². The van der Waals surface area contributed by atoms with Crippen molar-refractivity contribution in [2.45, 2.75) is 33.1 Å². The number of benzene rings is 1. The second-order valence-electron chi connectivity index (χ2n) is 8.79. The molecule has 0 spiro atoms. The zero-order valence-corrected chi connectivity index (χ0v) is 18.6. The van der Waals surface area contributed by atoms with E-state index in [4.69, 9.17) is 4.42 Å². The summed E-state index contributed by atoms with van der Waals surface area (Å²) in [6.07, 6.45) is 4.52. The van der Waals surface area contributed by atoms with Crippen LogP contribution in [-0.2, 0) is 9.59 Å². The molecule has 2 aliphatic rings. The van der Waals surface area contributed by atoms with Crippen molar-refractivity contribution in [3.63, 3.8) is 0 Å². The molecule has 1 saturated carbocycles. The second kappa shape index (κ2) is 9.10. The molecule has 1 aliphatic carbocycles. The SMILES string of the molecule is Cc1cccc(NC(=O)CN2CCN(C(=O)/C=C/c3ccc(C4CC4C)o3)CC2)c1C. The number of piperazine rings is 1. The number of hydrogen-bond donors (Lipinski definition) is 1. The molecule has 1 aliphatic heterocycles. The molecule has 0 radical (unpaired) electrons. The summed E-state index contributed by atoms with van der Waals surface area (Å²) in [5, 5.41) is 3.00. The number of carbonyl (C=O) groups is 2. The maximum atomic E-state index is 12.5. The number of amides is 2. The fourth-order valence-electron chi connectivity index (χ4n) is 4.04. The highest BCUT2D eigenvalue weighted by Crippen LogP contribution is 2.47. The van der Waals surface area contributed by atoms with Crippen LogP contribution in [0.25, 0.3) is 6.08 Å². The number of carbonyl (C=O) groups excluding carboxylic acids is 2. The average Bonchev–Trinajstić information content (AvgIpc) is 3.29. The molecule has 164 valence electrons. The van der Waals surface area contributed by atoms with Gasteiger partial charge in [-0.1, -0.05) is 19.1 Å². The summed E-state index contributed by atoms with van der Waals surface area (Å²) >= 11 is 0. The largest absolute Gasteiger partial charge is 0.461 e. The molecule has 6 nitrogen and oxygen atoms in total. The van der Waals surface area contributed by atoms with Gasteiger partial charge in [-0.3, -0.25) is 14.5 Å². The first-order valence-corrected chi connectivity index (χ1v) is 11.1. The summed E-state index contributed by atoms with van der Waals surface area (Å²) in [7, 11) is 0. The highest BCUT2D eigenvalue weighted by atomic mass is 16.3. The zero-order valence-electron chi connectivity index (χ0n) is 18.6. The highest BCUT2D eigenvalue weighted by Gasteiger charge is 2.36. The molecule has 2 unspecified atom stereocenters. The Morgan fingerprint density at radius 2 is 1.87 bits per heavy atom. The Labute approximate surface area is 183 Å². The van der Waals surface area contributed by atoms with E-state index in [9.17, 15) is 9.59 Å². The minimum atomic E-state index is -0.0213. The molecule has 1 saturated heterocycles. The van der Waals surface area contributed by atoms with E-state index in [2.05, 4.69) is 17.1 Å². The van der Waals surface area contributed by atoms with E-state index in [1.807, 2.05) is 49.1 Å². The van der Waals surface area contributed by atoms with Gasteiger partial charge in [-0.05, 0) is 61.6 Å². The number of aryl methyl sites for hydroxylation is 1. The lowest BCUT2D eigenvalue weighted by molar-refractivity contribution is -0.127. The number of anilines is 1. The van der Waals surface area contributed by atoms with Crippen LogP contribution in [0.5, 0.6) is 0 Å². The van der Waals surface area contributed by atoms with E-state index >= 15 is 0 Å². The van der Waals surface area contributed by atoms with Crippen molar-refractivity contribution < 1.29 is 14.0 Å². The van der Waals surface area contributed by atoms with Crippen LogP contribution in [0.15, 0.2) is 40.8 Å². The van der Waals surface area contributed by atoms with Crippen molar-refractivity contribution in [3.8, 4) is 0 Å². The molecular weight excluding hydrogens is 390 g/mol. The molecule has 31 heavy (non-hydrogen) atoms. The Hall–Kier alpha value is -2.86. The van der Waals surface area contributed by atoms with Gasteiger partial charge >= 0.3 is 0 Å². The first kappa shape index (κ1) is 21.4. The summed E-state index contributed by atoms with van der Waals surface area (Å²) in [4.78, 5) is 28.9. The Kier molecular flexibility index (Phi) is 6.28. The molecule has 1 aromatic carbocycles. The zero-order chi connectivity index (χ0) is 22.0. The van der Waals surface area contributed by atoms with Gasteiger partial charge in [0, 0.05) is 43.9 Å². The topological polar surface area (TPSA) is 65.8 Å². The van der Waals surface area contributed by atoms with Gasteiger partial charge in [0.05, 0.1) is 6.54 Å². The number of nitrogens with one attached hydrogen (secondary N) is 1. The fourth-order valence-corrected chi connectivity index (χ4v) is 4.04. The molecule has 4 rings (SSSR count). The first-order chi connectivity index (χ1) is 14.9. The third kappa shape index (κ3) is 5.25. The predicted molar refractivity (Wildman–Crippen MR) is 122 cm³/mol. The van der Waals surface area contributed by atoms with Gasteiger partial charge in [0.25, 0.3) is 0 Å². The van der Waals surface area contributed by atoms with Gasteiger partial charge in [-0.25, -0.2) is 0 Å². The van der Waals surface area contributed by atoms with Gasteiger partial charge in [-0.15, -0.1) is 0 Å². The van der Waals surface area contributed by atoms with E-state index in [0.29, 0.717) is 44.6 Å². The third-order valence-electron chi connectivity index (χ3n) is 6.44. The van der Waals surface area contributed by atoms with Crippen molar-refractivity contribution in [3.05, 3.63) is 59.1 Å². The molecule has 1 N–H and O–H groups in total. The fraction of sp³-hybridized carbons (Fsp3) is 0.440. The number of hydrogen-bond acceptors (Lipinski definition) is 4. The summed E-state index contributed by atoms with van der Waals surface area (Å²) in [6.45, 7) is 9.20. The van der Waals surface area contributed by atoms with Crippen LogP contribution in [0.1, 0.15) is 41.9 Å². The van der Waals surface area contributed by atoms with Gasteiger partial charge in [0.15, 0.2) is 0 Å². The molecule has 6 heteroatoms. The lowest BCUT2D eigenvalue weighted by Gasteiger charge is -2.33. The van der Waals surface area contributed by atoms with Crippen LogP contribution < -0.4 is 5.32 Å². The van der Waals surface area contributed by atoms with Crippen LogP contribution in [0.2, 0.25) is 0 Å². The smallest absolute Gasteiger partial charge is 0.246 e. The lowest BCUT2D eigenvalue weighted by atomic mass is 10.1. The molecule has 2 heterocycles. The summed E-state index contributed by atoms with van der Waals surface area (Å²) in [5.74, 6) is 2.95. The second-order valence-corrected chi connectivity index (χ2v) is 8.79. The van der Waals surface area contributed by atoms with Crippen molar-refractivity contribution in [2.75, 3.05) is 38.0 Å². The van der Waals surface area contributed by atoms with Crippen LogP contribution >= 0.6 is 0 Å². The lowest BCUT2D eigenvalue weighted by Crippen LogP contribution is -2.50. The molecule has 0 bridgehead atoms. The third-order valence-corrected chi connectivity index (χ3v) is 6.44. The minimum Gasteiger partial charge on any atom is -0.461 e. The van der Waals surface area contributed by atoms with Gasteiger partial charge < -0.3 is 14.6 Å². The van der Waals surface area contributed by atoms with Crippen molar-refractivity contribution in [1.29, 1.82) is 0 Å². The Bertz CT molecular complexity index is 986. The molecule has 2 aromatic rings. The normalized spacial score (nSPS) is 21.5. The monoisotopic (exact) mass is 421 g/mol. The maximum Gasteiger partial charge on any atom is 0.246 e. The Morgan fingerprint density at radius 3 is 2.58 bits per heavy atom. The van der Waals surface area contributed by atoms with E-state index in [1.54, 1.807) is 12.2 Å². The van der Waals surface area contributed by atoms with Crippen LogP contribution in [-0.4, -0.2) is 54.3 Å². The molecular formula is C25H31N3O3. The van der Waals surface area contributed by atoms with Gasteiger partial charge in [0.1, 0.15) is 11.5 Å². The van der Waals surface area contributed by atoms with Crippen molar-refractivity contribution in [2.24, 2.45) is 5.92 Å². The summed E-state index contributed by atoms with van der Waals surface area (Å²) < 4.78 is 5.83. The standard InChI is InChI=1S/C25H31N3O3/c1-17-5-4-6-22(19(17)3)26-24(29)16-27-11-13-28(14-12-27)25(30)10-8-20-7-9-23(31-20)21-15-18(21)2/h4-10,18,21H,11-16H2,1-3H3,(H,26,29)/b10-8+. The Morgan fingerprint density at radius 1 is 1.13 bits per heavy atom. The van der Waals surface area contributed by atoms with Crippen molar-refractivity contribution in [1.82, 2.24) is 9.80 Å². The molecule has 2 fully saturated rings.